The van der Waals surface area contributed by atoms with Gasteiger partial charge < -0.3 is 18.9 Å². The monoisotopic (exact) mass is 1150 g/mol. The number of anilines is 6. The highest BCUT2D eigenvalue weighted by Crippen LogP contribution is 2.49. The number of hydrogen-bond acceptors (Lipinski definition) is 2. The minimum Gasteiger partial charge on any atom is -0.313 e. The average molecular weight is 1150 g/mol. The van der Waals surface area contributed by atoms with Crippen LogP contribution >= 0.6 is 0 Å². The van der Waals surface area contributed by atoms with Gasteiger partial charge >= 0.3 is 0 Å². The highest BCUT2D eigenvalue weighted by Gasteiger charge is 2.25. The van der Waals surface area contributed by atoms with Gasteiger partial charge in [-0.3, -0.25) is 0 Å². The molecule has 0 N–H and O–H groups in total. The summed E-state index contributed by atoms with van der Waals surface area (Å²) in [6.45, 7) is 4.56. The van der Waals surface area contributed by atoms with E-state index in [2.05, 4.69) is 348 Å². The Kier molecular flexibility index (Phi) is 11.7. The SMILES string of the molecule is Cc1c(-c2ccccc2)c2cc(-c3ccc4c(c3)c(-c3ccccc3)c(C)n4-c3ccc(N(c4ccccc4)c4cc5cccc6ccc7cccc4c7c65)cc3)ccc2n1-c1ccc(N(c2ccccc2)c2cc3cccc4ccc5cccc2c5c43)cc1. The molecular formula is C86H58N4. The minimum absolute atomic E-state index is 1.09. The summed E-state index contributed by atoms with van der Waals surface area (Å²) in [6, 6.07) is 117. The minimum atomic E-state index is 1.09. The van der Waals surface area contributed by atoms with Gasteiger partial charge in [0.1, 0.15) is 0 Å². The van der Waals surface area contributed by atoms with E-state index in [1.807, 2.05) is 0 Å². The molecule has 422 valence electrons. The Balaban J connectivity index is 0.748. The molecule has 0 aliphatic rings. The molecule has 2 aromatic heterocycles. The molecule has 90 heavy (non-hydrogen) atoms. The van der Waals surface area contributed by atoms with E-state index in [4.69, 9.17) is 0 Å². The van der Waals surface area contributed by atoms with Gasteiger partial charge in [-0.25, -0.2) is 0 Å². The Morgan fingerprint density at radius 2 is 0.567 bits per heavy atom. The fraction of sp³-hybridized carbons (Fsp3) is 0.0233. The summed E-state index contributed by atoms with van der Waals surface area (Å²) in [5.74, 6) is 0. The van der Waals surface area contributed by atoms with E-state index in [-0.39, 0.29) is 0 Å². The Labute approximate surface area is 521 Å². The zero-order valence-corrected chi connectivity index (χ0v) is 49.8. The van der Waals surface area contributed by atoms with E-state index in [0.29, 0.717) is 0 Å². The molecule has 0 amide bonds. The Morgan fingerprint density at radius 1 is 0.233 bits per heavy atom. The number of aromatic nitrogens is 2. The number of rotatable bonds is 11. The highest BCUT2D eigenvalue weighted by atomic mass is 15.2. The second kappa shape index (κ2) is 20.5. The van der Waals surface area contributed by atoms with Crippen LogP contribution in [0.4, 0.5) is 34.1 Å². The molecule has 2 heterocycles. The van der Waals surface area contributed by atoms with Gasteiger partial charge in [0.05, 0.1) is 22.4 Å². The summed E-state index contributed by atoms with van der Waals surface area (Å²) in [5.41, 5.74) is 20.8. The molecule has 0 atom stereocenters. The average Bonchev–Trinajstić information content (AvgIpc) is 0.879. The predicted molar refractivity (Wildman–Crippen MR) is 383 cm³/mol. The first-order chi connectivity index (χ1) is 44.5. The smallest absolute Gasteiger partial charge is 0.0546 e. The third-order valence-electron chi connectivity index (χ3n) is 19.1. The Hall–Kier alpha value is -11.7. The van der Waals surface area contributed by atoms with Crippen molar-refractivity contribution in [3.05, 3.63) is 327 Å². The maximum atomic E-state index is 2.45. The van der Waals surface area contributed by atoms with E-state index in [9.17, 15) is 0 Å². The third-order valence-corrected chi connectivity index (χ3v) is 19.1. The second-order valence-electron chi connectivity index (χ2n) is 24.1. The van der Waals surface area contributed by atoms with Gasteiger partial charge in [0.25, 0.3) is 0 Å². The summed E-state index contributed by atoms with van der Waals surface area (Å²) in [7, 11) is 0. The van der Waals surface area contributed by atoms with Crippen molar-refractivity contribution in [2.24, 2.45) is 0 Å². The van der Waals surface area contributed by atoms with Crippen molar-refractivity contribution in [1.29, 1.82) is 0 Å². The third kappa shape index (κ3) is 8.01. The van der Waals surface area contributed by atoms with Gasteiger partial charge in [-0.15, -0.1) is 0 Å². The van der Waals surface area contributed by atoms with Crippen molar-refractivity contribution in [1.82, 2.24) is 9.13 Å². The standard InChI is InChI=1S/C86H58N4/c1-55-81(57-19-7-3-8-20-57)75-51-63(39-49-77(75)87(55)69-41-45-71(46-42-69)89(67-29-11-5-12-30-67)79-53-65-27-15-23-59-35-37-61-25-17-33-73(79)85(61)83(59)65)64-40-50-78-76(52-64)82(58-21-9-4-10-22-58)56(2)88(78)70-43-47-72(48-44-70)90(68-31-13-6-14-32-68)80-54-66-28-16-24-60-36-38-62-26-18-34-74(80)86(62)84(60)66/h3-54H,1-2H3. The molecule has 16 aromatic carbocycles. The first kappa shape index (κ1) is 51.5. The van der Waals surface area contributed by atoms with Crippen molar-refractivity contribution < 1.29 is 0 Å². The lowest BCUT2D eigenvalue weighted by Gasteiger charge is -2.28. The van der Waals surface area contributed by atoms with Crippen LogP contribution in [0, 0.1) is 13.8 Å². The molecule has 0 saturated heterocycles. The summed E-state index contributed by atoms with van der Waals surface area (Å²) < 4.78 is 4.90. The molecule has 0 fully saturated rings. The largest absolute Gasteiger partial charge is 0.313 e. The van der Waals surface area contributed by atoms with Crippen molar-refractivity contribution in [2.75, 3.05) is 9.80 Å². The lowest BCUT2D eigenvalue weighted by Crippen LogP contribution is -2.11. The molecule has 4 nitrogen and oxygen atoms in total. The van der Waals surface area contributed by atoms with Gasteiger partial charge in [-0.05, 0) is 199 Å². The van der Waals surface area contributed by atoms with Crippen LogP contribution in [0.1, 0.15) is 11.4 Å². The predicted octanol–water partition coefficient (Wildman–Crippen LogP) is 23.9. The van der Waals surface area contributed by atoms with E-state index in [0.717, 1.165) is 56.5 Å². The number of nitrogens with zero attached hydrogens (tertiary/aromatic N) is 4. The van der Waals surface area contributed by atoms with Crippen LogP contribution in [-0.2, 0) is 0 Å². The number of hydrogen-bond donors (Lipinski definition) is 0. The summed E-state index contributed by atoms with van der Waals surface area (Å²) >= 11 is 0. The quantitative estimate of drug-likeness (QED) is 0.120. The lowest BCUT2D eigenvalue weighted by atomic mass is 9.92. The molecule has 0 unspecified atom stereocenters. The first-order valence-electron chi connectivity index (χ1n) is 31.1. The normalized spacial score (nSPS) is 11.9. The van der Waals surface area contributed by atoms with Crippen LogP contribution in [0.15, 0.2) is 315 Å². The zero-order valence-electron chi connectivity index (χ0n) is 49.8. The van der Waals surface area contributed by atoms with Crippen LogP contribution in [0.5, 0.6) is 0 Å². The molecule has 0 aliphatic carbocycles. The highest BCUT2D eigenvalue weighted by molar-refractivity contribution is 6.28. The zero-order chi connectivity index (χ0) is 59.6. The van der Waals surface area contributed by atoms with Gasteiger partial charge in [-0.1, -0.05) is 206 Å². The van der Waals surface area contributed by atoms with E-state index in [1.54, 1.807) is 0 Å². The van der Waals surface area contributed by atoms with Crippen molar-refractivity contribution in [3.8, 4) is 44.8 Å². The van der Waals surface area contributed by atoms with E-state index in [1.165, 1.54) is 120 Å². The summed E-state index contributed by atoms with van der Waals surface area (Å²) in [5, 5.41) is 17.6. The molecule has 0 spiro atoms. The van der Waals surface area contributed by atoms with Crippen LogP contribution in [0.3, 0.4) is 0 Å². The van der Waals surface area contributed by atoms with E-state index >= 15 is 0 Å². The van der Waals surface area contributed by atoms with Crippen molar-refractivity contribution >= 4 is 121 Å². The molecule has 0 aliphatic heterocycles. The van der Waals surface area contributed by atoms with Gasteiger partial charge in [0, 0.05) is 78.2 Å². The van der Waals surface area contributed by atoms with Gasteiger partial charge in [0.15, 0.2) is 0 Å². The number of benzene rings is 16. The van der Waals surface area contributed by atoms with Crippen molar-refractivity contribution in [2.45, 2.75) is 13.8 Å². The van der Waals surface area contributed by atoms with E-state index < -0.39 is 0 Å². The first-order valence-corrected chi connectivity index (χ1v) is 31.1. The fourth-order valence-corrected chi connectivity index (χ4v) is 15.2. The van der Waals surface area contributed by atoms with Crippen LogP contribution in [0.2, 0.25) is 0 Å². The molecule has 18 aromatic rings. The number of para-hydroxylation sites is 2. The number of fused-ring (bicyclic) bond motifs is 2. The maximum absolute atomic E-state index is 2.45. The maximum Gasteiger partial charge on any atom is 0.0546 e. The lowest BCUT2D eigenvalue weighted by molar-refractivity contribution is 1.05. The fourth-order valence-electron chi connectivity index (χ4n) is 15.2. The molecule has 0 saturated carbocycles. The molecule has 4 heteroatoms. The van der Waals surface area contributed by atoms with Gasteiger partial charge in [-0.2, -0.15) is 0 Å². The molecule has 0 bridgehead atoms. The summed E-state index contributed by atoms with van der Waals surface area (Å²) in [6.07, 6.45) is 0. The summed E-state index contributed by atoms with van der Waals surface area (Å²) in [4.78, 5) is 4.86. The molecule has 0 radical (unpaired) electrons. The van der Waals surface area contributed by atoms with Gasteiger partial charge in [0.2, 0.25) is 0 Å². The van der Waals surface area contributed by atoms with Crippen LogP contribution in [0.25, 0.3) is 131 Å². The second-order valence-corrected chi connectivity index (χ2v) is 24.1. The van der Waals surface area contributed by atoms with Crippen LogP contribution < -0.4 is 9.80 Å². The topological polar surface area (TPSA) is 16.3 Å². The van der Waals surface area contributed by atoms with Crippen molar-refractivity contribution in [3.63, 3.8) is 0 Å². The Bertz CT molecular complexity index is 5410. The Morgan fingerprint density at radius 3 is 0.956 bits per heavy atom. The molecular weight excluding hydrogens is 1090 g/mol. The van der Waals surface area contributed by atoms with Crippen LogP contribution in [-0.4, -0.2) is 9.13 Å². The molecule has 18 rings (SSSR count).